The summed E-state index contributed by atoms with van der Waals surface area (Å²) in [6.45, 7) is 5.97. The predicted molar refractivity (Wildman–Crippen MR) is 58.4 cm³/mol. The van der Waals surface area contributed by atoms with Crippen LogP contribution in [0, 0.1) is 5.92 Å². The molecular formula is C13H17NaO2. The van der Waals surface area contributed by atoms with Crippen molar-refractivity contribution < 1.29 is 39.5 Å². The van der Waals surface area contributed by atoms with Gasteiger partial charge in [-0.2, -0.15) is 0 Å². The van der Waals surface area contributed by atoms with Crippen LogP contribution in [0.1, 0.15) is 37.8 Å². The van der Waals surface area contributed by atoms with Crippen LogP contribution in [0.25, 0.3) is 0 Å². The summed E-state index contributed by atoms with van der Waals surface area (Å²) in [6, 6.07) is 7.74. The molecule has 1 aromatic rings. The Morgan fingerprint density at radius 2 is 1.69 bits per heavy atom. The summed E-state index contributed by atoms with van der Waals surface area (Å²) < 4.78 is 0. The molecular weight excluding hydrogens is 211 g/mol. The topological polar surface area (TPSA) is 40.1 Å². The molecule has 0 aliphatic carbocycles. The molecule has 16 heavy (non-hydrogen) atoms. The van der Waals surface area contributed by atoms with E-state index in [2.05, 4.69) is 13.8 Å². The molecule has 0 saturated heterocycles. The van der Waals surface area contributed by atoms with Gasteiger partial charge in [0.2, 0.25) is 0 Å². The summed E-state index contributed by atoms with van der Waals surface area (Å²) in [5, 5.41) is 10.7. The normalized spacial score (nSPS) is 12.0. The second kappa shape index (κ2) is 7.10. The fourth-order valence-electron chi connectivity index (χ4n) is 1.55. The number of rotatable bonds is 4. The van der Waals surface area contributed by atoms with Crippen molar-refractivity contribution in [2.45, 2.75) is 33.1 Å². The first kappa shape index (κ1) is 15.7. The quantitative estimate of drug-likeness (QED) is 0.604. The molecule has 0 aliphatic heterocycles. The molecule has 0 aliphatic rings. The molecule has 0 aromatic heterocycles. The van der Waals surface area contributed by atoms with Gasteiger partial charge in [0, 0.05) is 11.9 Å². The van der Waals surface area contributed by atoms with Gasteiger partial charge in [0.25, 0.3) is 0 Å². The molecule has 2 nitrogen and oxygen atoms in total. The zero-order valence-electron chi connectivity index (χ0n) is 10.5. The second-order valence-corrected chi connectivity index (χ2v) is 4.38. The van der Waals surface area contributed by atoms with Crippen LogP contribution in [0.4, 0.5) is 0 Å². The smallest absolute Gasteiger partial charge is 0.550 e. The van der Waals surface area contributed by atoms with Crippen molar-refractivity contribution in [2.24, 2.45) is 5.92 Å². The number of benzene rings is 1. The molecule has 0 amide bonds. The Hall–Kier alpha value is -0.310. The fourth-order valence-corrected chi connectivity index (χ4v) is 1.55. The summed E-state index contributed by atoms with van der Waals surface area (Å²) in [6.07, 6.45) is 1.03. The third-order valence-electron chi connectivity index (χ3n) is 2.48. The van der Waals surface area contributed by atoms with Crippen LogP contribution < -0.4 is 34.7 Å². The average Bonchev–Trinajstić information content (AvgIpc) is 2.17. The molecule has 0 spiro atoms. The van der Waals surface area contributed by atoms with Crippen LogP contribution in [0.15, 0.2) is 24.3 Å². The van der Waals surface area contributed by atoms with E-state index >= 15 is 0 Å². The van der Waals surface area contributed by atoms with Crippen molar-refractivity contribution >= 4 is 5.97 Å². The van der Waals surface area contributed by atoms with E-state index in [0.717, 1.165) is 12.0 Å². The van der Waals surface area contributed by atoms with E-state index in [1.807, 2.05) is 24.3 Å². The number of carbonyl (C=O) groups is 1. The van der Waals surface area contributed by atoms with Crippen LogP contribution >= 0.6 is 0 Å². The summed E-state index contributed by atoms with van der Waals surface area (Å²) in [5.74, 6) is -0.931. The van der Waals surface area contributed by atoms with Gasteiger partial charge in [0.05, 0.1) is 0 Å². The van der Waals surface area contributed by atoms with Crippen molar-refractivity contribution in [2.75, 3.05) is 0 Å². The Balaban J connectivity index is 0.00000225. The molecule has 0 fully saturated rings. The fraction of sp³-hybridized carbons (Fsp3) is 0.462. The maximum absolute atomic E-state index is 10.7. The van der Waals surface area contributed by atoms with E-state index in [1.54, 1.807) is 6.92 Å². The van der Waals surface area contributed by atoms with Gasteiger partial charge in [0.15, 0.2) is 0 Å². The van der Waals surface area contributed by atoms with Gasteiger partial charge in [-0.1, -0.05) is 45.0 Å². The molecule has 1 atom stereocenters. The van der Waals surface area contributed by atoms with Crippen LogP contribution in [0.5, 0.6) is 0 Å². The van der Waals surface area contributed by atoms with E-state index in [4.69, 9.17) is 0 Å². The number of hydrogen-bond donors (Lipinski definition) is 0. The predicted octanol–water partition coefficient (Wildman–Crippen LogP) is -1.26. The van der Waals surface area contributed by atoms with E-state index in [0.29, 0.717) is 5.92 Å². The number of carboxylic acids is 1. The molecule has 3 heteroatoms. The Kier molecular flexibility index (Phi) is 6.96. The van der Waals surface area contributed by atoms with Crippen molar-refractivity contribution in [3.8, 4) is 0 Å². The van der Waals surface area contributed by atoms with Gasteiger partial charge in [-0.15, -0.1) is 0 Å². The van der Waals surface area contributed by atoms with Crippen molar-refractivity contribution in [1.82, 2.24) is 0 Å². The van der Waals surface area contributed by atoms with Crippen LogP contribution in [0.3, 0.4) is 0 Å². The summed E-state index contributed by atoms with van der Waals surface area (Å²) in [7, 11) is 0. The van der Waals surface area contributed by atoms with E-state index in [-0.39, 0.29) is 29.6 Å². The van der Waals surface area contributed by atoms with Crippen LogP contribution in [0.2, 0.25) is 0 Å². The maximum atomic E-state index is 10.7. The van der Waals surface area contributed by atoms with Crippen molar-refractivity contribution in [3.63, 3.8) is 0 Å². The largest absolute Gasteiger partial charge is 1.00 e. The monoisotopic (exact) mass is 228 g/mol. The molecule has 0 N–H and O–H groups in total. The number of hydrogen-bond acceptors (Lipinski definition) is 2. The summed E-state index contributed by atoms with van der Waals surface area (Å²) >= 11 is 0. The minimum Gasteiger partial charge on any atom is -0.550 e. The summed E-state index contributed by atoms with van der Waals surface area (Å²) in [4.78, 5) is 10.7. The average molecular weight is 228 g/mol. The van der Waals surface area contributed by atoms with E-state index in [9.17, 15) is 9.90 Å². The van der Waals surface area contributed by atoms with Gasteiger partial charge < -0.3 is 9.90 Å². The third-order valence-corrected chi connectivity index (χ3v) is 2.48. The van der Waals surface area contributed by atoms with Gasteiger partial charge in [-0.05, 0) is 23.5 Å². The van der Waals surface area contributed by atoms with Gasteiger partial charge in [0.1, 0.15) is 0 Å². The van der Waals surface area contributed by atoms with Gasteiger partial charge in [-0.25, -0.2) is 0 Å². The van der Waals surface area contributed by atoms with Crippen molar-refractivity contribution in [3.05, 3.63) is 35.4 Å². The minimum absolute atomic E-state index is 0. The van der Waals surface area contributed by atoms with E-state index in [1.165, 1.54) is 5.56 Å². The van der Waals surface area contributed by atoms with Crippen molar-refractivity contribution in [1.29, 1.82) is 0 Å². The zero-order valence-corrected chi connectivity index (χ0v) is 12.5. The van der Waals surface area contributed by atoms with Gasteiger partial charge in [-0.3, -0.25) is 0 Å². The number of aliphatic carboxylic acids is 1. The second-order valence-electron chi connectivity index (χ2n) is 4.38. The Bertz CT molecular complexity index is 330. The first-order valence-corrected chi connectivity index (χ1v) is 5.30. The Morgan fingerprint density at radius 1 is 1.19 bits per heavy atom. The Labute approximate surface area is 119 Å². The summed E-state index contributed by atoms with van der Waals surface area (Å²) in [5.41, 5.74) is 2.06. The first-order chi connectivity index (χ1) is 7.00. The molecule has 0 bridgehead atoms. The first-order valence-electron chi connectivity index (χ1n) is 5.30. The molecule has 0 saturated carbocycles. The molecule has 82 valence electrons. The van der Waals surface area contributed by atoms with Crippen LogP contribution in [-0.2, 0) is 11.2 Å². The molecule has 1 rings (SSSR count). The molecule has 0 heterocycles. The van der Waals surface area contributed by atoms with Gasteiger partial charge >= 0.3 is 29.6 Å². The number of carbonyl (C=O) groups excluding carboxylic acids is 1. The zero-order chi connectivity index (χ0) is 11.4. The Morgan fingerprint density at radius 3 is 2.06 bits per heavy atom. The SMILES string of the molecule is CC(C)Cc1ccc([C@H](C)C(=O)[O-])cc1.[Na+]. The maximum Gasteiger partial charge on any atom is 1.00 e. The minimum atomic E-state index is -1.02. The molecule has 0 radical (unpaired) electrons. The molecule has 1 aromatic carbocycles. The van der Waals surface area contributed by atoms with E-state index < -0.39 is 11.9 Å². The third kappa shape index (κ3) is 4.69. The molecule has 0 unspecified atom stereocenters. The standard InChI is InChI=1S/C13H18O2.Na/c1-9(2)8-11-4-6-12(7-5-11)10(3)13(14)15;/h4-7,9-10H,8H2,1-3H3,(H,14,15);/q;+1/p-1/t10-;/m0./s1. The number of carboxylic acid groups (broad SMARTS) is 1. The van der Waals surface area contributed by atoms with Crippen LogP contribution in [-0.4, -0.2) is 5.97 Å².